The van der Waals surface area contributed by atoms with E-state index >= 15 is 0 Å². The number of aliphatic carboxylic acids is 2. The van der Waals surface area contributed by atoms with Crippen LogP contribution in [0.1, 0.15) is 19.8 Å². The topological polar surface area (TPSA) is 77.8 Å². The number of hydrogen-bond acceptors (Lipinski definition) is 3. The van der Waals surface area contributed by atoms with Gasteiger partial charge >= 0.3 is 11.9 Å². The van der Waals surface area contributed by atoms with E-state index in [9.17, 15) is 9.59 Å². The lowest BCUT2D eigenvalue weighted by molar-refractivity contribution is -0.157. The summed E-state index contributed by atoms with van der Waals surface area (Å²) in [5.74, 6) is -2.80. The first-order valence-electron chi connectivity index (χ1n) is 4.77. The predicted octanol–water partition coefficient (Wildman–Crippen LogP) is 0.256. The highest BCUT2D eigenvalue weighted by molar-refractivity contribution is 5.82. The van der Waals surface area contributed by atoms with Crippen molar-refractivity contribution in [3.63, 3.8) is 0 Å². The number of nitrogens with zero attached hydrogens (tertiary/aromatic N) is 1. The maximum absolute atomic E-state index is 10.9. The average molecular weight is 201 g/mol. The van der Waals surface area contributed by atoms with E-state index in [4.69, 9.17) is 10.2 Å². The van der Waals surface area contributed by atoms with Gasteiger partial charge in [0, 0.05) is 0 Å². The molecule has 1 saturated heterocycles. The summed E-state index contributed by atoms with van der Waals surface area (Å²) in [5.41, 5.74) is 0. The van der Waals surface area contributed by atoms with Crippen molar-refractivity contribution in [3.8, 4) is 0 Å². The zero-order valence-corrected chi connectivity index (χ0v) is 8.14. The van der Waals surface area contributed by atoms with Crippen molar-refractivity contribution in [3.05, 3.63) is 0 Å². The van der Waals surface area contributed by atoms with Crippen LogP contribution in [0.4, 0.5) is 0 Å². The third kappa shape index (κ3) is 2.04. The monoisotopic (exact) mass is 201 g/mol. The van der Waals surface area contributed by atoms with Crippen LogP contribution in [0, 0.1) is 5.92 Å². The van der Waals surface area contributed by atoms with Gasteiger partial charge in [-0.2, -0.15) is 0 Å². The van der Waals surface area contributed by atoms with Gasteiger partial charge in [0.15, 0.2) is 0 Å². The molecule has 5 heteroatoms. The van der Waals surface area contributed by atoms with E-state index in [0.29, 0.717) is 19.5 Å². The van der Waals surface area contributed by atoms with Gasteiger partial charge in [0.2, 0.25) is 0 Å². The van der Waals surface area contributed by atoms with E-state index in [2.05, 4.69) is 0 Å². The van der Waals surface area contributed by atoms with Crippen molar-refractivity contribution in [2.24, 2.45) is 5.92 Å². The number of carboxylic acid groups (broad SMARTS) is 2. The van der Waals surface area contributed by atoms with E-state index in [0.717, 1.165) is 6.42 Å². The SMILES string of the molecule is CCN1CCC[C@H](C(=O)O)[C@@H]1C(=O)O. The van der Waals surface area contributed by atoms with Gasteiger partial charge in [-0.25, -0.2) is 0 Å². The Morgan fingerprint density at radius 2 is 2.00 bits per heavy atom. The zero-order valence-electron chi connectivity index (χ0n) is 8.14. The number of carbonyl (C=O) groups is 2. The van der Waals surface area contributed by atoms with Crippen LogP contribution in [0.3, 0.4) is 0 Å². The molecule has 80 valence electrons. The molecule has 0 aliphatic carbocycles. The average Bonchev–Trinajstić information content (AvgIpc) is 2.16. The van der Waals surface area contributed by atoms with E-state index in [1.165, 1.54) is 0 Å². The smallest absolute Gasteiger partial charge is 0.321 e. The molecular formula is C9H15NO4. The highest BCUT2D eigenvalue weighted by Crippen LogP contribution is 2.23. The van der Waals surface area contributed by atoms with Gasteiger partial charge in [0.05, 0.1) is 5.92 Å². The Bertz CT molecular complexity index is 241. The van der Waals surface area contributed by atoms with Gasteiger partial charge in [-0.3, -0.25) is 14.5 Å². The van der Waals surface area contributed by atoms with Crippen LogP contribution in [0.25, 0.3) is 0 Å². The second-order valence-corrected chi connectivity index (χ2v) is 3.50. The Hall–Kier alpha value is -1.10. The third-order valence-corrected chi connectivity index (χ3v) is 2.71. The standard InChI is InChI=1S/C9H15NO4/c1-2-10-5-3-4-6(8(11)12)7(10)9(13)14/h6-7H,2-5H2,1H3,(H,11,12)(H,13,14)/t6-,7+/m0/s1. The lowest BCUT2D eigenvalue weighted by Crippen LogP contribution is -2.52. The normalized spacial score (nSPS) is 28.6. The Kier molecular flexibility index (Phi) is 3.46. The minimum atomic E-state index is -1.03. The Balaban J connectivity index is 2.83. The number of hydrogen-bond donors (Lipinski definition) is 2. The van der Waals surface area contributed by atoms with Gasteiger partial charge in [-0.05, 0) is 25.9 Å². The number of likely N-dealkylation sites (tertiary alicyclic amines) is 1. The molecule has 0 amide bonds. The first-order chi connectivity index (χ1) is 6.57. The molecule has 0 aromatic heterocycles. The van der Waals surface area contributed by atoms with E-state index in [1.807, 2.05) is 6.92 Å². The number of piperidine rings is 1. The second-order valence-electron chi connectivity index (χ2n) is 3.50. The number of likely N-dealkylation sites (N-methyl/N-ethyl adjacent to an activating group) is 1. The van der Waals surface area contributed by atoms with Crippen LogP contribution in [0.5, 0.6) is 0 Å². The fraction of sp³-hybridized carbons (Fsp3) is 0.778. The van der Waals surface area contributed by atoms with Crippen LogP contribution in [-0.2, 0) is 9.59 Å². The zero-order chi connectivity index (χ0) is 10.7. The Morgan fingerprint density at radius 1 is 1.36 bits per heavy atom. The predicted molar refractivity (Wildman–Crippen MR) is 49.0 cm³/mol. The first-order valence-corrected chi connectivity index (χ1v) is 4.77. The van der Waals surface area contributed by atoms with Crippen molar-refractivity contribution >= 4 is 11.9 Å². The van der Waals surface area contributed by atoms with Crippen molar-refractivity contribution in [2.75, 3.05) is 13.1 Å². The molecule has 0 aromatic carbocycles. The van der Waals surface area contributed by atoms with E-state index in [1.54, 1.807) is 4.90 Å². The minimum absolute atomic E-state index is 0.461. The van der Waals surface area contributed by atoms with Gasteiger partial charge < -0.3 is 10.2 Å². The Morgan fingerprint density at radius 3 is 2.43 bits per heavy atom. The summed E-state index contributed by atoms with van der Waals surface area (Å²) in [6.07, 6.45) is 1.22. The molecule has 1 aliphatic heterocycles. The van der Waals surface area contributed by atoms with Gasteiger partial charge in [-0.1, -0.05) is 6.92 Å². The maximum Gasteiger partial charge on any atom is 0.321 e. The highest BCUT2D eigenvalue weighted by Gasteiger charge is 2.40. The molecule has 0 saturated carbocycles. The summed E-state index contributed by atoms with van der Waals surface area (Å²) < 4.78 is 0. The minimum Gasteiger partial charge on any atom is -0.481 e. The number of carboxylic acids is 2. The molecule has 0 aromatic rings. The molecule has 1 rings (SSSR count). The fourth-order valence-corrected chi connectivity index (χ4v) is 2.01. The Labute approximate surface area is 82.3 Å². The molecule has 14 heavy (non-hydrogen) atoms. The highest BCUT2D eigenvalue weighted by atomic mass is 16.4. The van der Waals surface area contributed by atoms with Gasteiger partial charge in [0.1, 0.15) is 6.04 Å². The molecule has 0 unspecified atom stereocenters. The molecular weight excluding hydrogens is 186 g/mol. The van der Waals surface area contributed by atoms with Crippen molar-refractivity contribution in [2.45, 2.75) is 25.8 Å². The molecule has 5 nitrogen and oxygen atoms in total. The summed E-state index contributed by atoms with van der Waals surface area (Å²) in [7, 11) is 0. The molecule has 0 bridgehead atoms. The molecule has 1 fully saturated rings. The lowest BCUT2D eigenvalue weighted by Gasteiger charge is -2.35. The van der Waals surface area contributed by atoms with E-state index in [-0.39, 0.29) is 0 Å². The van der Waals surface area contributed by atoms with Crippen LogP contribution in [0.15, 0.2) is 0 Å². The summed E-state index contributed by atoms with van der Waals surface area (Å²) in [6.45, 7) is 3.11. The molecule has 1 heterocycles. The van der Waals surface area contributed by atoms with E-state index < -0.39 is 23.9 Å². The quantitative estimate of drug-likeness (QED) is 0.684. The van der Waals surface area contributed by atoms with Crippen LogP contribution >= 0.6 is 0 Å². The summed E-state index contributed by atoms with van der Waals surface area (Å²) in [6, 6.07) is -0.855. The van der Waals surface area contributed by atoms with Gasteiger partial charge in [0.25, 0.3) is 0 Å². The summed E-state index contributed by atoms with van der Waals surface area (Å²) in [4.78, 5) is 23.5. The van der Waals surface area contributed by atoms with Crippen molar-refractivity contribution in [1.82, 2.24) is 4.90 Å². The summed E-state index contributed by atoms with van der Waals surface area (Å²) in [5, 5.41) is 17.8. The van der Waals surface area contributed by atoms with Crippen LogP contribution in [-0.4, -0.2) is 46.2 Å². The number of rotatable bonds is 3. The second kappa shape index (κ2) is 4.41. The fourth-order valence-electron chi connectivity index (χ4n) is 2.01. The van der Waals surface area contributed by atoms with Crippen LogP contribution < -0.4 is 0 Å². The molecule has 2 atom stereocenters. The largest absolute Gasteiger partial charge is 0.481 e. The third-order valence-electron chi connectivity index (χ3n) is 2.71. The molecule has 1 aliphatic rings. The molecule has 0 radical (unpaired) electrons. The molecule has 2 N–H and O–H groups in total. The van der Waals surface area contributed by atoms with Crippen LogP contribution in [0.2, 0.25) is 0 Å². The van der Waals surface area contributed by atoms with Crippen molar-refractivity contribution < 1.29 is 19.8 Å². The maximum atomic E-state index is 10.9. The first kappa shape index (κ1) is 11.0. The summed E-state index contributed by atoms with van der Waals surface area (Å²) >= 11 is 0. The lowest BCUT2D eigenvalue weighted by atomic mass is 9.89. The molecule has 0 spiro atoms. The van der Waals surface area contributed by atoms with Crippen molar-refractivity contribution in [1.29, 1.82) is 0 Å². The van der Waals surface area contributed by atoms with Gasteiger partial charge in [-0.15, -0.1) is 0 Å².